The van der Waals surface area contributed by atoms with Crippen LogP contribution in [0.5, 0.6) is 5.75 Å². The van der Waals surface area contributed by atoms with Crippen LogP contribution in [0.3, 0.4) is 0 Å². The van der Waals surface area contributed by atoms with Gasteiger partial charge >= 0.3 is 12.0 Å². The lowest BCUT2D eigenvalue weighted by atomic mass is 10.1. The van der Waals surface area contributed by atoms with Crippen molar-refractivity contribution in [3.63, 3.8) is 0 Å². The minimum Gasteiger partial charge on any atom is -0.491 e. The Balaban J connectivity index is 1.67. The third kappa shape index (κ3) is 3.17. The van der Waals surface area contributed by atoms with Gasteiger partial charge < -0.3 is 9.84 Å². The first-order valence-electron chi connectivity index (χ1n) is 8.37. The molecule has 0 radical (unpaired) electrons. The minimum absolute atomic E-state index is 0.0589. The number of carbonyl (C=O) groups excluding carboxylic acids is 2. The van der Waals surface area contributed by atoms with Crippen molar-refractivity contribution in [2.45, 2.75) is 25.2 Å². The second-order valence-corrected chi connectivity index (χ2v) is 6.64. The van der Waals surface area contributed by atoms with E-state index in [1.165, 1.54) is 11.9 Å². The fraction of sp³-hybridized carbons (Fsp3) is 0.471. The molecule has 0 spiro atoms. The molecule has 0 aromatic heterocycles. The molecule has 140 valence electrons. The summed E-state index contributed by atoms with van der Waals surface area (Å²) >= 11 is 0. The standard InChI is InChI=1S/C17H23N5O4/c1-10-5-4-6-12(7-10)26-9-11(23)8-22-13-14(19-16(22)18)20(2)17(25)21(3)15(13)24/h4-7,11,13-14,23H,8-9H2,1-3H3,(H2,18,19)/p+1/t11-,13+,14+/m1/s1. The van der Waals surface area contributed by atoms with E-state index in [-0.39, 0.29) is 25.0 Å². The number of β-amino-alcohol motifs (C(OH)–C–C–N with tert-alkyl or cyclic N) is 1. The molecule has 1 aromatic rings. The third-order valence-electron chi connectivity index (χ3n) is 4.67. The lowest BCUT2D eigenvalue weighted by Crippen LogP contribution is -2.65. The van der Waals surface area contributed by atoms with E-state index >= 15 is 0 Å². The predicted molar refractivity (Wildman–Crippen MR) is 93.6 cm³/mol. The number of hydrogen-bond acceptors (Lipinski definition) is 6. The van der Waals surface area contributed by atoms with Crippen LogP contribution in [0.25, 0.3) is 0 Å². The molecule has 0 saturated carbocycles. The number of amides is 3. The molecule has 2 heterocycles. The number of aliphatic hydroxyl groups excluding tert-OH is 1. The quantitative estimate of drug-likeness (QED) is 0.573. The number of ether oxygens (including phenoxy) is 1. The SMILES string of the molecule is Cc1cccc(OC[C@H](O)C[N+]2=C(N)N[C@@H]3[C@H]2C(=O)N(C)C(=O)N3C)c1. The molecule has 0 unspecified atom stereocenters. The highest BCUT2D eigenvalue weighted by Gasteiger charge is 2.53. The number of nitrogens with zero attached hydrogens (tertiary/aromatic N) is 3. The van der Waals surface area contributed by atoms with Crippen LogP contribution in [0.1, 0.15) is 5.56 Å². The second kappa shape index (κ2) is 6.83. The molecule has 3 amide bonds. The lowest BCUT2D eigenvalue weighted by Gasteiger charge is -2.36. The van der Waals surface area contributed by atoms with E-state index in [4.69, 9.17) is 10.5 Å². The summed E-state index contributed by atoms with van der Waals surface area (Å²) in [5, 5.41) is 13.3. The monoisotopic (exact) mass is 362 g/mol. The number of fused-ring (bicyclic) bond motifs is 1. The minimum atomic E-state index is -0.865. The van der Waals surface area contributed by atoms with E-state index in [1.54, 1.807) is 11.6 Å². The third-order valence-corrected chi connectivity index (χ3v) is 4.67. The van der Waals surface area contributed by atoms with E-state index in [2.05, 4.69) is 5.32 Å². The van der Waals surface area contributed by atoms with E-state index in [0.29, 0.717) is 5.75 Å². The Kier molecular flexibility index (Phi) is 4.73. The van der Waals surface area contributed by atoms with Gasteiger partial charge in [0.2, 0.25) is 6.04 Å². The zero-order valence-corrected chi connectivity index (χ0v) is 15.0. The van der Waals surface area contributed by atoms with Crippen LogP contribution in [0.2, 0.25) is 0 Å². The van der Waals surface area contributed by atoms with Crippen molar-refractivity contribution in [2.75, 3.05) is 27.2 Å². The van der Waals surface area contributed by atoms with Gasteiger partial charge in [-0.1, -0.05) is 12.1 Å². The number of aliphatic hydroxyl groups is 1. The average molecular weight is 362 g/mol. The molecule has 2 aliphatic heterocycles. The Morgan fingerprint density at radius 2 is 2.12 bits per heavy atom. The number of hydrogen-bond donors (Lipinski definition) is 3. The summed E-state index contributed by atoms with van der Waals surface area (Å²) in [7, 11) is 3.03. The van der Waals surface area contributed by atoms with Crippen molar-refractivity contribution < 1.29 is 24.0 Å². The van der Waals surface area contributed by atoms with Gasteiger partial charge in [-0.15, -0.1) is 0 Å². The summed E-state index contributed by atoms with van der Waals surface area (Å²) in [5.41, 5.74) is 7.06. The van der Waals surface area contributed by atoms with Gasteiger partial charge in [-0.05, 0) is 24.6 Å². The number of nitrogens with two attached hydrogens (primary N) is 1. The maximum absolute atomic E-state index is 12.5. The summed E-state index contributed by atoms with van der Waals surface area (Å²) in [6.45, 7) is 2.12. The maximum Gasteiger partial charge on any atom is 0.346 e. The molecule has 26 heavy (non-hydrogen) atoms. The molecule has 3 atom stereocenters. The average Bonchev–Trinajstić information content (AvgIpc) is 2.93. The Hall–Kier alpha value is -2.81. The van der Waals surface area contributed by atoms with Gasteiger partial charge in [0.25, 0.3) is 5.91 Å². The Bertz CT molecular complexity index is 765. The van der Waals surface area contributed by atoms with Gasteiger partial charge in [0, 0.05) is 14.1 Å². The number of likely N-dealkylation sites (N-methyl/N-ethyl adjacent to an activating group) is 2. The summed E-state index contributed by atoms with van der Waals surface area (Å²) in [6, 6.07) is 6.44. The number of urea groups is 1. The van der Waals surface area contributed by atoms with Crippen LogP contribution in [-0.4, -0.2) is 82.9 Å². The number of imide groups is 1. The zero-order chi connectivity index (χ0) is 19.0. The summed E-state index contributed by atoms with van der Waals surface area (Å²) in [4.78, 5) is 27.1. The van der Waals surface area contributed by atoms with E-state index in [9.17, 15) is 14.7 Å². The summed E-state index contributed by atoms with van der Waals surface area (Å²) < 4.78 is 7.19. The van der Waals surface area contributed by atoms with Crippen LogP contribution >= 0.6 is 0 Å². The van der Waals surface area contributed by atoms with Crippen LogP contribution in [-0.2, 0) is 4.79 Å². The molecule has 2 aliphatic rings. The highest BCUT2D eigenvalue weighted by atomic mass is 16.5. The highest BCUT2D eigenvalue weighted by molar-refractivity contribution is 6.00. The highest BCUT2D eigenvalue weighted by Crippen LogP contribution is 2.20. The van der Waals surface area contributed by atoms with Gasteiger partial charge in [-0.25, -0.2) is 9.37 Å². The molecule has 9 nitrogen and oxygen atoms in total. The smallest absolute Gasteiger partial charge is 0.346 e. The molecule has 0 aliphatic carbocycles. The van der Waals surface area contributed by atoms with E-state index < -0.39 is 24.3 Å². The van der Waals surface area contributed by atoms with Gasteiger partial charge in [0.15, 0.2) is 6.17 Å². The van der Waals surface area contributed by atoms with Crippen molar-refractivity contribution in [1.29, 1.82) is 0 Å². The number of guanidine groups is 1. The molecular formula is C17H24N5O4+. The van der Waals surface area contributed by atoms with Crippen LogP contribution in [0.15, 0.2) is 24.3 Å². The fourth-order valence-corrected chi connectivity index (χ4v) is 3.25. The largest absolute Gasteiger partial charge is 0.491 e. The van der Waals surface area contributed by atoms with Crippen molar-refractivity contribution in [1.82, 2.24) is 15.1 Å². The predicted octanol–water partition coefficient (Wildman–Crippen LogP) is -1.12. The van der Waals surface area contributed by atoms with Crippen LogP contribution < -0.4 is 15.8 Å². The Labute approximate surface area is 151 Å². The molecule has 1 fully saturated rings. The van der Waals surface area contributed by atoms with Gasteiger partial charge in [-0.2, -0.15) is 0 Å². The Morgan fingerprint density at radius 1 is 1.38 bits per heavy atom. The van der Waals surface area contributed by atoms with Gasteiger partial charge in [-0.3, -0.25) is 25.6 Å². The number of rotatable bonds is 5. The Morgan fingerprint density at radius 3 is 2.81 bits per heavy atom. The number of aryl methyl sites for hydroxylation is 1. The molecule has 0 bridgehead atoms. The summed E-state index contributed by atoms with van der Waals surface area (Å²) in [6.07, 6.45) is -1.42. The van der Waals surface area contributed by atoms with Gasteiger partial charge in [0.1, 0.15) is 18.5 Å². The molecule has 4 N–H and O–H groups in total. The molecule has 9 heteroatoms. The first-order valence-corrected chi connectivity index (χ1v) is 8.37. The normalized spacial score (nSPS) is 23.8. The fourth-order valence-electron chi connectivity index (χ4n) is 3.25. The first-order chi connectivity index (χ1) is 12.3. The van der Waals surface area contributed by atoms with Crippen LogP contribution in [0, 0.1) is 6.92 Å². The van der Waals surface area contributed by atoms with E-state index in [1.807, 2.05) is 31.2 Å². The van der Waals surface area contributed by atoms with Crippen molar-refractivity contribution in [2.24, 2.45) is 5.73 Å². The van der Waals surface area contributed by atoms with Crippen molar-refractivity contribution in [3.8, 4) is 5.75 Å². The summed E-state index contributed by atoms with van der Waals surface area (Å²) in [5.74, 6) is 0.549. The first kappa shape index (κ1) is 18.0. The van der Waals surface area contributed by atoms with Crippen molar-refractivity contribution >= 4 is 17.9 Å². The molecule has 1 aromatic carbocycles. The zero-order valence-electron chi connectivity index (χ0n) is 15.0. The maximum atomic E-state index is 12.5. The topological polar surface area (TPSA) is 111 Å². The van der Waals surface area contributed by atoms with Crippen molar-refractivity contribution in [3.05, 3.63) is 29.8 Å². The number of carbonyl (C=O) groups is 2. The number of benzene rings is 1. The van der Waals surface area contributed by atoms with Crippen LogP contribution in [0.4, 0.5) is 4.79 Å². The molecular weight excluding hydrogens is 338 g/mol. The number of nitrogens with one attached hydrogen (secondary N) is 1. The lowest BCUT2D eigenvalue weighted by molar-refractivity contribution is -0.559. The molecule has 1 saturated heterocycles. The van der Waals surface area contributed by atoms with E-state index in [0.717, 1.165) is 10.5 Å². The molecule has 3 rings (SSSR count). The second-order valence-electron chi connectivity index (χ2n) is 6.64. The van der Waals surface area contributed by atoms with Gasteiger partial charge in [0.05, 0.1) is 6.54 Å².